The van der Waals surface area contributed by atoms with E-state index >= 15 is 0 Å². The van der Waals surface area contributed by atoms with Gasteiger partial charge in [-0.2, -0.15) is 5.10 Å². The van der Waals surface area contributed by atoms with Crippen molar-refractivity contribution in [3.05, 3.63) is 23.8 Å². The number of rotatable bonds is 4. The average Bonchev–Trinajstić information content (AvgIpc) is 3.15. The maximum atomic E-state index is 11.6. The van der Waals surface area contributed by atoms with Crippen molar-refractivity contribution < 1.29 is 9.42 Å². The van der Waals surface area contributed by atoms with E-state index in [9.17, 15) is 4.79 Å². The number of aryl methyl sites for hydroxylation is 1. The molecule has 0 bridgehead atoms. The molecule has 1 N–H and O–H groups in total. The summed E-state index contributed by atoms with van der Waals surface area (Å²) >= 11 is 0. The van der Waals surface area contributed by atoms with E-state index in [1.54, 1.807) is 11.1 Å². The molecular formula is C13H17N7O2. The third kappa shape index (κ3) is 2.23. The number of hydrogen-bond acceptors (Lipinski definition) is 6. The van der Waals surface area contributed by atoms with E-state index in [-0.39, 0.29) is 6.03 Å². The quantitative estimate of drug-likeness (QED) is 0.865. The molecule has 9 heteroatoms. The number of hydrogen-bond donors (Lipinski definition) is 1. The van der Waals surface area contributed by atoms with Crippen molar-refractivity contribution in [2.24, 2.45) is 0 Å². The van der Waals surface area contributed by atoms with E-state index in [0.29, 0.717) is 19.1 Å². The predicted octanol–water partition coefficient (Wildman–Crippen LogP) is 0.161. The van der Waals surface area contributed by atoms with Crippen molar-refractivity contribution in [3.8, 4) is 0 Å². The van der Waals surface area contributed by atoms with Gasteiger partial charge in [-0.1, -0.05) is 10.3 Å². The first-order valence-electron chi connectivity index (χ1n) is 7.30. The summed E-state index contributed by atoms with van der Waals surface area (Å²) in [7, 11) is 0. The molecule has 0 unspecified atom stereocenters. The number of anilines is 1. The highest BCUT2D eigenvalue weighted by Crippen LogP contribution is 2.25. The Morgan fingerprint density at radius 2 is 2.27 bits per heavy atom. The molecule has 2 aliphatic rings. The molecule has 4 rings (SSSR count). The first kappa shape index (κ1) is 13.3. The van der Waals surface area contributed by atoms with E-state index in [0.717, 1.165) is 36.7 Å². The van der Waals surface area contributed by atoms with E-state index in [4.69, 9.17) is 4.63 Å². The van der Waals surface area contributed by atoms with Gasteiger partial charge < -0.3 is 5.32 Å². The molecule has 0 aromatic carbocycles. The Bertz CT molecular complexity index is 688. The highest BCUT2D eigenvalue weighted by Gasteiger charge is 2.31. The van der Waals surface area contributed by atoms with E-state index in [1.807, 2.05) is 17.8 Å². The number of carbonyl (C=O) groups is 1. The summed E-state index contributed by atoms with van der Waals surface area (Å²) in [5, 5.41) is 14.9. The zero-order chi connectivity index (χ0) is 15.1. The van der Waals surface area contributed by atoms with Crippen molar-refractivity contribution >= 4 is 11.7 Å². The van der Waals surface area contributed by atoms with Gasteiger partial charge in [0.2, 0.25) is 0 Å². The first-order chi connectivity index (χ1) is 10.7. The van der Waals surface area contributed by atoms with Gasteiger partial charge in [0.1, 0.15) is 11.4 Å². The van der Waals surface area contributed by atoms with Crippen LogP contribution in [0.25, 0.3) is 0 Å². The van der Waals surface area contributed by atoms with Gasteiger partial charge in [-0.15, -0.1) is 0 Å². The molecule has 4 heterocycles. The average molecular weight is 303 g/mol. The molecule has 0 aliphatic carbocycles. The highest BCUT2D eigenvalue weighted by atomic mass is 16.6. The molecule has 22 heavy (non-hydrogen) atoms. The lowest BCUT2D eigenvalue weighted by molar-refractivity contribution is 0.0880. The van der Waals surface area contributed by atoms with Crippen LogP contribution in [0.2, 0.25) is 0 Å². The van der Waals surface area contributed by atoms with Gasteiger partial charge in [0, 0.05) is 38.9 Å². The third-order valence-corrected chi connectivity index (χ3v) is 4.19. The normalized spacial score (nSPS) is 19.5. The van der Waals surface area contributed by atoms with Crippen LogP contribution in [0.4, 0.5) is 10.5 Å². The Hall–Kier alpha value is -2.42. The Kier molecular flexibility index (Phi) is 3.07. The maximum Gasteiger partial charge on any atom is 0.322 e. The van der Waals surface area contributed by atoms with Crippen LogP contribution in [0.1, 0.15) is 17.4 Å². The fourth-order valence-corrected chi connectivity index (χ4v) is 2.83. The van der Waals surface area contributed by atoms with Crippen LogP contribution in [0.15, 0.2) is 17.0 Å². The van der Waals surface area contributed by atoms with Gasteiger partial charge in [-0.05, 0) is 6.92 Å². The second kappa shape index (κ2) is 5.09. The molecule has 0 atom stereocenters. The van der Waals surface area contributed by atoms with E-state index in [1.165, 1.54) is 0 Å². The summed E-state index contributed by atoms with van der Waals surface area (Å²) < 4.78 is 6.64. The van der Waals surface area contributed by atoms with Crippen molar-refractivity contribution in [1.82, 2.24) is 30.3 Å². The summed E-state index contributed by atoms with van der Waals surface area (Å²) in [5.74, 6) is 0. The van der Waals surface area contributed by atoms with Gasteiger partial charge in [-0.3, -0.25) is 14.5 Å². The van der Waals surface area contributed by atoms with Gasteiger partial charge in [0.05, 0.1) is 17.9 Å². The van der Waals surface area contributed by atoms with Crippen molar-refractivity contribution in [1.29, 1.82) is 0 Å². The minimum atomic E-state index is -0.0520. The van der Waals surface area contributed by atoms with Crippen LogP contribution < -0.4 is 10.2 Å². The summed E-state index contributed by atoms with van der Waals surface area (Å²) in [5.41, 5.74) is 2.57. The highest BCUT2D eigenvalue weighted by molar-refractivity contribution is 5.93. The van der Waals surface area contributed by atoms with Crippen molar-refractivity contribution in [2.45, 2.75) is 19.5 Å². The summed E-state index contributed by atoms with van der Waals surface area (Å²) in [6, 6.07) is 0.281. The number of urea groups is 1. The van der Waals surface area contributed by atoms with Crippen LogP contribution in [0, 0.1) is 6.92 Å². The molecular weight excluding hydrogens is 286 g/mol. The predicted molar refractivity (Wildman–Crippen MR) is 76.3 cm³/mol. The molecule has 2 aromatic rings. The standard InChI is InChI=1S/C13H17N7O2/c1-9-12(17-22-16-9)8-18-5-11(6-18)20-7-10(4-15-20)19-3-2-14-13(19)21/h4,7,11H,2-3,5-6,8H2,1H3,(H,14,21). The summed E-state index contributed by atoms with van der Waals surface area (Å²) in [6.07, 6.45) is 3.69. The molecule has 0 saturated carbocycles. The maximum absolute atomic E-state index is 11.6. The molecule has 0 spiro atoms. The van der Waals surface area contributed by atoms with E-state index < -0.39 is 0 Å². The molecule has 2 fully saturated rings. The second-order valence-corrected chi connectivity index (χ2v) is 5.71. The van der Waals surface area contributed by atoms with Crippen molar-refractivity contribution in [3.63, 3.8) is 0 Å². The van der Waals surface area contributed by atoms with Crippen LogP contribution in [-0.4, -0.2) is 57.2 Å². The number of aromatic nitrogens is 4. The van der Waals surface area contributed by atoms with Crippen LogP contribution in [0.3, 0.4) is 0 Å². The lowest BCUT2D eigenvalue weighted by Gasteiger charge is -2.38. The Morgan fingerprint density at radius 1 is 1.41 bits per heavy atom. The Balaban J connectivity index is 1.36. The molecule has 2 aromatic heterocycles. The number of carbonyl (C=O) groups excluding carboxylic acids is 1. The minimum absolute atomic E-state index is 0.0520. The van der Waals surface area contributed by atoms with Crippen LogP contribution in [0.5, 0.6) is 0 Å². The summed E-state index contributed by atoms with van der Waals surface area (Å²) in [6.45, 7) is 5.82. The Morgan fingerprint density at radius 3 is 2.95 bits per heavy atom. The van der Waals surface area contributed by atoms with Gasteiger partial charge >= 0.3 is 6.03 Å². The largest absolute Gasteiger partial charge is 0.336 e. The van der Waals surface area contributed by atoms with Crippen LogP contribution in [-0.2, 0) is 6.54 Å². The Labute approximate surface area is 126 Å². The second-order valence-electron chi connectivity index (χ2n) is 5.71. The zero-order valence-corrected chi connectivity index (χ0v) is 12.3. The van der Waals surface area contributed by atoms with Gasteiger partial charge in [-0.25, -0.2) is 9.42 Å². The number of likely N-dealkylation sites (tertiary alicyclic amines) is 1. The lowest BCUT2D eigenvalue weighted by atomic mass is 10.1. The topological polar surface area (TPSA) is 92.3 Å². The fourth-order valence-electron chi connectivity index (χ4n) is 2.83. The minimum Gasteiger partial charge on any atom is -0.336 e. The lowest BCUT2D eigenvalue weighted by Crippen LogP contribution is -2.47. The smallest absolute Gasteiger partial charge is 0.322 e. The van der Waals surface area contributed by atoms with Gasteiger partial charge in [0.15, 0.2) is 0 Å². The van der Waals surface area contributed by atoms with E-state index in [2.05, 4.69) is 25.6 Å². The molecule has 116 valence electrons. The third-order valence-electron chi connectivity index (χ3n) is 4.19. The number of nitrogens with one attached hydrogen (secondary N) is 1. The summed E-state index contributed by atoms with van der Waals surface area (Å²) in [4.78, 5) is 15.6. The molecule has 2 saturated heterocycles. The monoisotopic (exact) mass is 303 g/mol. The molecule has 2 amide bonds. The first-order valence-corrected chi connectivity index (χ1v) is 7.30. The van der Waals surface area contributed by atoms with Gasteiger partial charge in [0.25, 0.3) is 0 Å². The fraction of sp³-hybridized carbons (Fsp3) is 0.538. The SMILES string of the molecule is Cc1nonc1CN1CC(n2cc(N3CCNC3=O)cn2)C1. The molecule has 2 aliphatic heterocycles. The molecule has 0 radical (unpaired) electrons. The number of nitrogens with zero attached hydrogens (tertiary/aromatic N) is 6. The zero-order valence-electron chi connectivity index (χ0n) is 12.3. The van der Waals surface area contributed by atoms with Crippen molar-refractivity contribution in [2.75, 3.05) is 31.1 Å². The molecule has 9 nitrogen and oxygen atoms in total. The number of amides is 2. The van der Waals surface area contributed by atoms with Crippen LogP contribution >= 0.6 is 0 Å².